The average molecular weight is 384 g/mol. The fraction of sp³-hybridized carbons (Fsp3) is 0.476. The molecule has 1 aliphatic rings. The number of likely N-dealkylation sites (tertiary alicyclic amines) is 1. The number of piperidine rings is 1. The SMILES string of the molecule is CCOCC(=O)N1CCCC[C@H]1C(=O)Nc1ccc(-n2nc(C)cc2C)cc1. The molecule has 1 N–H and O–H groups in total. The van der Waals surface area contributed by atoms with E-state index >= 15 is 0 Å². The second-order valence-electron chi connectivity index (χ2n) is 7.11. The molecular weight excluding hydrogens is 356 g/mol. The topological polar surface area (TPSA) is 76.5 Å². The molecular formula is C21H28N4O3. The highest BCUT2D eigenvalue weighted by atomic mass is 16.5. The van der Waals surface area contributed by atoms with E-state index in [1.54, 1.807) is 4.90 Å². The molecule has 0 bridgehead atoms. The number of hydrogen-bond donors (Lipinski definition) is 1. The predicted octanol–water partition coefficient (Wildman–Crippen LogP) is 2.85. The summed E-state index contributed by atoms with van der Waals surface area (Å²) in [5.74, 6) is -0.273. The van der Waals surface area contributed by atoms with Crippen molar-refractivity contribution in [2.75, 3.05) is 25.1 Å². The number of aryl methyl sites for hydroxylation is 2. The smallest absolute Gasteiger partial charge is 0.249 e. The predicted molar refractivity (Wildman–Crippen MR) is 108 cm³/mol. The summed E-state index contributed by atoms with van der Waals surface area (Å²) in [6.45, 7) is 6.92. The highest BCUT2D eigenvalue weighted by Crippen LogP contribution is 2.20. The summed E-state index contributed by atoms with van der Waals surface area (Å²) in [4.78, 5) is 26.8. The quantitative estimate of drug-likeness (QED) is 0.831. The van der Waals surface area contributed by atoms with Crippen LogP contribution in [0.25, 0.3) is 5.69 Å². The van der Waals surface area contributed by atoms with E-state index in [9.17, 15) is 9.59 Å². The number of nitrogens with zero attached hydrogens (tertiary/aromatic N) is 3. The summed E-state index contributed by atoms with van der Waals surface area (Å²) in [5.41, 5.74) is 3.66. The number of anilines is 1. The molecule has 3 rings (SSSR count). The standard InChI is InChI=1S/C21H28N4O3/c1-4-28-14-20(26)24-12-6-5-7-19(24)21(27)22-17-8-10-18(11-9-17)25-16(3)13-15(2)23-25/h8-11,13,19H,4-7,12,14H2,1-3H3,(H,22,27)/t19-/m0/s1. The summed E-state index contributed by atoms with van der Waals surface area (Å²) >= 11 is 0. The van der Waals surface area contributed by atoms with Gasteiger partial charge in [0.15, 0.2) is 0 Å². The van der Waals surface area contributed by atoms with Crippen molar-refractivity contribution in [2.45, 2.75) is 46.1 Å². The fourth-order valence-corrected chi connectivity index (χ4v) is 3.58. The second-order valence-corrected chi connectivity index (χ2v) is 7.11. The lowest BCUT2D eigenvalue weighted by molar-refractivity contribution is -0.144. The van der Waals surface area contributed by atoms with Crippen molar-refractivity contribution in [3.8, 4) is 5.69 Å². The lowest BCUT2D eigenvalue weighted by Crippen LogP contribution is -2.51. The number of amides is 2. The van der Waals surface area contributed by atoms with Crippen LogP contribution in [-0.4, -0.2) is 52.3 Å². The van der Waals surface area contributed by atoms with Crippen molar-refractivity contribution in [2.24, 2.45) is 0 Å². The largest absolute Gasteiger partial charge is 0.372 e. The lowest BCUT2D eigenvalue weighted by atomic mass is 10.0. The second kappa shape index (κ2) is 9.01. The van der Waals surface area contributed by atoms with Gasteiger partial charge in [-0.25, -0.2) is 4.68 Å². The summed E-state index contributed by atoms with van der Waals surface area (Å²) < 4.78 is 7.10. The minimum absolute atomic E-state index is 0.0254. The molecule has 2 amide bonds. The molecule has 2 heterocycles. The Bertz CT molecular complexity index is 829. The lowest BCUT2D eigenvalue weighted by Gasteiger charge is -2.34. The van der Waals surface area contributed by atoms with Gasteiger partial charge in [-0.1, -0.05) is 0 Å². The van der Waals surface area contributed by atoms with Gasteiger partial charge in [0.25, 0.3) is 0 Å². The first-order valence-electron chi connectivity index (χ1n) is 9.81. The van der Waals surface area contributed by atoms with Gasteiger partial charge in [-0.15, -0.1) is 0 Å². The first kappa shape index (κ1) is 20.1. The van der Waals surface area contributed by atoms with Crippen molar-refractivity contribution in [3.63, 3.8) is 0 Å². The number of aromatic nitrogens is 2. The molecule has 1 saturated heterocycles. The van der Waals surface area contributed by atoms with E-state index in [4.69, 9.17) is 4.74 Å². The van der Waals surface area contributed by atoms with Crippen molar-refractivity contribution >= 4 is 17.5 Å². The zero-order valence-corrected chi connectivity index (χ0v) is 16.8. The van der Waals surface area contributed by atoms with Crippen LogP contribution in [0.4, 0.5) is 5.69 Å². The Morgan fingerprint density at radius 2 is 1.96 bits per heavy atom. The maximum Gasteiger partial charge on any atom is 0.249 e. The van der Waals surface area contributed by atoms with Crippen molar-refractivity contribution in [1.29, 1.82) is 0 Å². The van der Waals surface area contributed by atoms with E-state index in [0.29, 0.717) is 25.3 Å². The maximum atomic E-state index is 12.8. The van der Waals surface area contributed by atoms with Crippen LogP contribution in [-0.2, 0) is 14.3 Å². The van der Waals surface area contributed by atoms with Crippen LogP contribution in [0.1, 0.15) is 37.6 Å². The van der Waals surface area contributed by atoms with Gasteiger partial charge in [-0.3, -0.25) is 9.59 Å². The normalized spacial score (nSPS) is 16.8. The van der Waals surface area contributed by atoms with Gasteiger partial charge in [-0.05, 0) is 70.4 Å². The van der Waals surface area contributed by atoms with E-state index in [2.05, 4.69) is 10.4 Å². The van der Waals surface area contributed by atoms with Crippen molar-refractivity contribution in [3.05, 3.63) is 41.7 Å². The van der Waals surface area contributed by atoms with Crippen LogP contribution < -0.4 is 5.32 Å². The Hall–Kier alpha value is -2.67. The number of carbonyl (C=O) groups is 2. The zero-order valence-electron chi connectivity index (χ0n) is 16.8. The van der Waals surface area contributed by atoms with Crippen LogP contribution in [0.3, 0.4) is 0 Å². The van der Waals surface area contributed by atoms with E-state index < -0.39 is 6.04 Å². The minimum atomic E-state index is -0.447. The van der Waals surface area contributed by atoms with Crippen molar-refractivity contribution < 1.29 is 14.3 Å². The summed E-state index contributed by atoms with van der Waals surface area (Å²) in [7, 11) is 0. The van der Waals surface area contributed by atoms with Gasteiger partial charge < -0.3 is 15.0 Å². The van der Waals surface area contributed by atoms with Crippen LogP contribution in [0.2, 0.25) is 0 Å². The summed E-state index contributed by atoms with van der Waals surface area (Å²) in [6, 6.07) is 9.14. The molecule has 28 heavy (non-hydrogen) atoms. The van der Waals surface area contributed by atoms with Gasteiger partial charge in [0.05, 0.1) is 11.4 Å². The summed E-state index contributed by atoms with van der Waals surface area (Å²) in [5, 5.41) is 7.42. The van der Waals surface area contributed by atoms with E-state index in [0.717, 1.165) is 29.9 Å². The van der Waals surface area contributed by atoms with Crippen LogP contribution >= 0.6 is 0 Å². The Labute approximate surface area is 165 Å². The third-order valence-electron chi connectivity index (χ3n) is 4.94. The average Bonchev–Trinajstić information content (AvgIpc) is 3.04. The van der Waals surface area contributed by atoms with E-state index in [1.165, 1.54) is 0 Å². The first-order chi connectivity index (χ1) is 13.5. The number of rotatable bonds is 6. The number of benzene rings is 1. The minimum Gasteiger partial charge on any atom is -0.372 e. The van der Waals surface area contributed by atoms with Gasteiger partial charge in [0, 0.05) is 24.5 Å². The highest BCUT2D eigenvalue weighted by molar-refractivity contribution is 5.97. The van der Waals surface area contributed by atoms with E-state index in [1.807, 2.05) is 55.8 Å². The van der Waals surface area contributed by atoms with Crippen molar-refractivity contribution in [1.82, 2.24) is 14.7 Å². The molecule has 2 aromatic rings. The number of nitrogens with one attached hydrogen (secondary N) is 1. The molecule has 150 valence electrons. The monoisotopic (exact) mass is 384 g/mol. The molecule has 0 spiro atoms. The van der Waals surface area contributed by atoms with Gasteiger partial charge in [0.1, 0.15) is 12.6 Å². The van der Waals surface area contributed by atoms with E-state index in [-0.39, 0.29) is 18.4 Å². The number of carbonyl (C=O) groups excluding carboxylic acids is 2. The molecule has 1 aliphatic heterocycles. The van der Waals surface area contributed by atoms with Crippen LogP contribution in [0.15, 0.2) is 30.3 Å². The Morgan fingerprint density at radius 3 is 2.61 bits per heavy atom. The van der Waals surface area contributed by atoms with Gasteiger partial charge in [-0.2, -0.15) is 5.10 Å². The molecule has 0 saturated carbocycles. The molecule has 1 fully saturated rings. The molecule has 7 heteroatoms. The number of hydrogen-bond acceptors (Lipinski definition) is 4. The molecule has 1 aromatic carbocycles. The first-order valence-corrected chi connectivity index (χ1v) is 9.81. The third kappa shape index (κ3) is 4.59. The summed E-state index contributed by atoms with van der Waals surface area (Å²) in [6.07, 6.45) is 2.53. The Balaban J connectivity index is 1.67. The van der Waals surface area contributed by atoms with Gasteiger partial charge in [0.2, 0.25) is 11.8 Å². The third-order valence-corrected chi connectivity index (χ3v) is 4.94. The van der Waals surface area contributed by atoms with Crippen LogP contribution in [0, 0.1) is 13.8 Å². The molecule has 7 nitrogen and oxygen atoms in total. The Morgan fingerprint density at radius 1 is 1.21 bits per heavy atom. The molecule has 1 atom stereocenters. The zero-order chi connectivity index (χ0) is 20.1. The highest BCUT2D eigenvalue weighted by Gasteiger charge is 2.32. The molecule has 0 radical (unpaired) electrons. The van der Waals surface area contributed by atoms with Crippen LogP contribution in [0.5, 0.6) is 0 Å². The molecule has 0 unspecified atom stereocenters. The maximum absolute atomic E-state index is 12.8. The Kier molecular flexibility index (Phi) is 6.46. The number of ether oxygens (including phenoxy) is 1. The van der Waals surface area contributed by atoms with Gasteiger partial charge >= 0.3 is 0 Å². The molecule has 1 aromatic heterocycles. The fourth-order valence-electron chi connectivity index (χ4n) is 3.58. The molecule has 0 aliphatic carbocycles.